The number of nitrogens with zero attached hydrogens (tertiary/aromatic N) is 1. The third-order valence-corrected chi connectivity index (χ3v) is 3.85. The monoisotopic (exact) mass is 276 g/mol. The predicted octanol–water partition coefficient (Wildman–Crippen LogP) is 1.86. The van der Waals surface area contributed by atoms with Crippen LogP contribution in [0, 0.1) is 11.8 Å². The van der Waals surface area contributed by atoms with E-state index < -0.39 is 0 Å². The van der Waals surface area contributed by atoms with Gasteiger partial charge in [0, 0.05) is 31.0 Å². The molecule has 1 aliphatic heterocycles. The Morgan fingerprint density at radius 1 is 1.35 bits per heavy atom. The van der Waals surface area contributed by atoms with Crippen LogP contribution in [0.3, 0.4) is 0 Å². The van der Waals surface area contributed by atoms with E-state index in [0.29, 0.717) is 24.9 Å². The molecule has 1 aromatic rings. The molecule has 1 fully saturated rings. The van der Waals surface area contributed by atoms with Gasteiger partial charge < -0.3 is 16.4 Å². The molecule has 0 bridgehead atoms. The van der Waals surface area contributed by atoms with Crippen molar-refractivity contribution in [3.05, 3.63) is 24.3 Å². The van der Waals surface area contributed by atoms with Gasteiger partial charge in [-0.1, -0.05) is 13.8 Å². The lowest BCUT2D eigenvalue weighted by Gasteiger charge is -2.20. The molecule has 5 nitrogen and oxygen atoms in total. The molecule has 0 spiro atoms. The van der Waals surface area contributed by atoms with Gasteiger partial charge in [0.05, 0.1) is 0 Å². The van der Waals surface area contributed by atoms with Gasteiger partial charge in [0.2, 0.25) is 0 Å². The average molecular weight is 276 g/mol. The third-order valence-electron chi connectivity index (χ3n) is 3.85. The highest BCUT2D eigenvalue weighted by molar-refractivity contribution is 5.94. The summed E-state index contributed by atoms with van der Waals surface area (Å²) in [6.07, 6.45) is 0. The van der Waals surface area contributed by atoms with Crippen molar-refractivity contribution in [1.82, 2.24) is 5.32 Å². The number of benzene rings is 1. The van der Waals surface area contributed by atoms with E-state index >= 15 is 0 Å². The highest BCUT2D eigenvalue weighted by atomic mass is 16.2. The maximum absolute atomic E-state index is 11.6. The van der Waals surface area contributed by atoms with Crippen LogP contribution in [-0.4, -0.2) is 32.2 Å². The Labute approximate surface area is 120 Å². The van der Waals surface area contributed by atoms with E-state index in [1.165, 1.54) is 0 Å². The van der Waals surface area contributed by atoms with Crippen molar-refractivity contribution in [2.45, 2.75) is 13.8 Å². The summed E-state index contributed by atoms with van der Waals surface area (Å²) in [5.41, 5.74) is 7.77. The molecule has 0 saturated carbocycles. The normalized spacial score (nSPS) is 16.4. The first kappa shape index (κ1) is 14.7. The Morgan fingerprint density at radius 2 is 2.05 bits per heavy atom. The lowest BCUT2D eigenvalue weighted by molar-refractivity contribution is 0.252. The fourth-order valence-electron chi connectivity index (χ4n) is 2.32. The molecule has 2 rings (SSSR count). The van der Waals surface area contributed by atoms with Gasteiger partial charge in [-0.2, -0.15) is 0 Å². The molecule has 1 unspecified atom stereocenters. The van der Waals surface area contributed by atoms with Crippen LogP contribution in [0.1, 0.15) is 13.8 Å². The highest BCUT2D eigenvalue weighted by Gasteiger charge is 2.20. The lowest BCUT2D eigenvalue weighted by Crippen LogP contribution is -2.28. The first-order valence-corrected chi connectivity index (χ1v) is 7.21. The van der Waals surface area contributed by atoms with Crippen LogP contribution < -0.4 is 21.3 Å². The van der Waals surface area contributed by atoms with E-state index in [2.05, 4.69) is 24.5 Å². The van der Waals surface area contributed by atoms with Crippen LogP contribution in [0.5, 0.6) is 0 Å². The molecule has 110 valence electrons. The Kier molecular flexibility index (Phi) is 4.84. The Bertz CT molecular complexity index is 444. The molecule has 1 heterocycles. The average Bonchev–Trinajstić information content (AvgIpc) is 2.86. The van der Waals surface area contributed by atoms with Crippen molar-refractivity contribution in [2.75, 3.05) is 36.4 Å². The maximum atomic E-state index is 11.6. The predicted molar refractivity (Wildman–Crippen MR) is 83.1 cm³/mol. The molecule has 1 aromatic carbocycles. The van der Waals surface area contributed by atoms with Gasteiger partial charge in [0.15, 0.2) is 0 Å². The number of anilines is 2. The van der Waals surface area contributed by atoms with E-state index in [9.17, 15) is 4.79 Å². The van der Waals surface area contributed by atoms with Crippen molar-refractivity contribution >= 4 is 17.4 Å². The van der Waals surface area contributed by atoms with Gasteiger partial charge in [0.25, 0.3) is 0 Å². The minimum Gasteiger partial charge on any atom is -0.385 e. The largest absolute Gasteiger partial charge is 0.385 e. The smallest absolute Gasteiger partial charge is 0.321 e. The number of urea groups is 1. The molecule has 0 aromatic heterocycles. The number of hydrogen-bond acceptors (Lipinski definition) is 3. The van der Waals surface area contributed by atoms with Gasteiger partial charge in [-0.05, 0) is 42.6 Å². The quantitative estimate of drug-likeness (QED) is 0.742. The molecule has 1 aliphatic rings. The summed E-state index contributed by atoms with van der Waals surface area (Å²) in [6.45, 7) is 7.39. The maximum Gasteiger partial charge on any atom is 0.321 e. The Morgan fingerprint density at radius 3 is 2.55 bits per heavy atom. The van der Waals surface area contributed by atoms with Crippen LogP contribution >= 0.6 is 0 Å². The number of rotatable bonds is 6. The summed E-state index contributed by atoms with van der Waals surface area (Å²) in [5, 5.41) is 6.21. The second-order valence-electron chi connectivity index (χ2n) is 5.55. The van der Waals surface area contributed by atoms with E-state index in [-0.39, 0.29) is 6.03 Å². The van der Waals surface area contributed by atoms with Crippen molar-refractivity contribution in [3.8, 4) is 0 Å². The minimum atomic E-state index is -0.0197. The fraction of sp³-hybridized carbons (Fsp3) is 0.533. The zero-order valence-corrected chi connectivity index (χ0v) is 12.2. The van der Waals surface area contributed by atoms with Crippen LogP contribution in [0.2, 0.25) is 0 Å². The zero-order chi connectivity index (χ0) is 14.5. The molecule has 5 heteroatoms. The summed E-state index contributed by atoms with van der Waals surface area (Å²) in [4.78, 5) is 13.3. The molecular weight excluding hydrogens is 252 g/mol. The number of carbonyl (C=O) groups excluding carboxylic acids is 1. The van der Waals surface area contributed by atoms with E-state index in [1.807, 2.05) is 24.3 Å². The molecule has 4 N–H and O–H groups in total. The van der Waals surface area contributed by atoms with Gasteiger partial charge >= 0.3 is 6.03 Å². The fourth-order valence-corrected chi connectivity index (χ4v) is 2.32. The second-order valence-corrected chi connectivity index (χ2v) is 5.55. The SMILES string of the molecule is CC(C)C(CN)CNc1ccc(N2CCNC2=O)cc1. The molecular formula is C15H24N4O. The van der Waals surface area contributed by atoms with Crippen molar-refractivity contribution in [2.24, 2.45) is 17.6 Å². The third kappa shape index (κ3) is 3.42. The minimum absolute atomic E-state index is 0.0197. The highest BCUT2D eigenvalue weighted by Crippen LogP contribution is 2.20. The van der Waals surface area contributed by atoms with Crippen molar-refractivity contribution < 1.29 is 4.79 Å². The number of amides is 2. The summed E-state index contributed by atoms with van der Waals surface area (Å²) < 4.78 is 0. The topological polar surface area (TPSA) is 70.4 Å². The molecule has 0 radical (unpaired) electrons. The summed E-state index contributed by atoms with van der Waals surface area (Å²) in [5.74, 6) is 1.04. The number of carbonyl (C=O) groups is 1. The van der Waals surface area contributed by atoms with Crippen LogP contribution in [0.15, 0.2) is 24.3 Å². The standard InChI is InChI=1S/C15H24N4O/c1-11(2)12(9-16)10-18-13-3-5-14(6-4-13)19-8-7-17-15(19)20/h3-6,11-12,18H,7-10,16H2,1-2H3,(H,17,20). The lowest BCUT2D eigenvalue weighted by atomic mass is 9.96. The van der Waals surface area contributed by atoms with Gasteiger partial charge in [0.1, 0.15) is 0 Å². The van der Waals surface area contributed by atoms with Crippen molar-refractivity contribution in [3.63, 3.8) is 0 Å². The molecule has 2 amide bonds. The molecule has 20 heavy (non-hydrogen) atoms. The van der Waals surface area contributed by atoms with Gasteiger partial charge in [-0.3, -0.25) is 4.90 Å². The summed E-state index contributed by atoms with van der Waals surface area (Å²) >= 11 is 0. The van der Waals surface area contributed by atoms with E-state index in [0.717, 1.165) is 24.5 Å². The number of nitrogens with two attached hydrogens (primary N) is 1. The summed E-state index contributed by atoms with van der Waals surface area (Å²) in [6, 6.07) is 7.94. The van der Waals surface area contributed by atoms with Crippen molar-refractivity contribution in [1.29, 1.82) is 0 Å². The molecule has 0 aliphatic carbocycles. The first-order chi connectivity index (χ1) is 9.61. The van der Waals surface area contributed by atoms with Crippen LogP contribution in [0.4, 0.5) is 16.2 Å². The Balaban J connectivity index is 1.93. The summed E-state index contributed by atoms with van der Waals surface area (Å²) in [7, 11) is 0. The zero-order valence-electron chi connectivity index (χ0n) is 12.2. The molecule has 1 atom stereocenters. The van der Waals surface area contributed by atoms with E-state index in [1.54, 1.807) is 4.90 Å². The van der Waals surface area contributed by atoms with Gasteiger partial charge in [-0.15, -0.1) is 0 Å². The number of hydrogen-bond donors (Lipinski definition) is 3. The second kappa shape index (κ2) is 6.61. The molecule has 1 saturated heterocycles. The van der Waals surface area contributed by atoms with Crippen LogP contribution in [-0.2, 0) is 0 Å². The Hall–Kier alpha value is -1.75. The van der Waals surface area contributed by atoms with E-state index in [4.69, 9.17) is 5.73 Å². The van der Waals surface area contributed by atoms with Crippen LogP contribution in [0.25, 0.3) is 0 Å². The van der Waals surface area contributed by atoms with Gasteiger partial charge in [-0.25, -0.2) is 4.79 Å². The number of nitrogens with one attached hydrogen (secondary N) is 2. The first-order valence-electron chi connectivity index (χ1n) is 7.21.